The predicted octanol–water partition coefficient (Wildman–Crippen LogP) is 4.59. The summed E-state index contributed by atoms with van der Waals surface area (Å²) >= 11 is 3.09. The Labute approximate surface area is 143 Å². The Morgan fingerprint density at radius 2 is 2.17 bits per heavy atom. The van der Waals surface area contributed by atoms with Crippen molar-refractivity contribution in [2.24, 2.45) is 0 Å². The van der Waals surface area contributed by atoms with Gasteiger partial charge in [-0.15, -0.1) is 11.3 Å². The first-order chi connectivity index (χ1) is 11.1. The van der Waals surface area contributed by atoms with E-state index in [0.717, 1.165) is 27.3 Å². The highest BCUT2D eigenvalue weighted by Gasteiger charge is 2.10. The SMILES string of the molecule is CCCCc1ccc2nc(NC(=O)Cc3csc(C)n3)sc2c1. The number of thiazole rings is 2. The summed E-state index contributed by atoms with van der Waals surface area (Å²) in [7, 11) is 0. The maximum atomic E-state index is 12.1. The third-order valence-corrected chi connectivity index (χ3v) is 5.28. The molecule has 23 heavy (non-hydrogen) atoms. The standard InChI is InChI=1S/C17H19N3OS2/c1-3-4-5-12-6-7-14-15(8-12)23-17(19-14)20-16(21)9-13-10-22-11(2)18-13/h6-8,10H,3-5,9H2,1-2H3,(H,19,20,21). The van der Waals surface area contributed by atoms with Gasteiger partial charge in [-0.2, -0.15) is 0 Å². The van der Waals surface area contributed by atoms with E-state index in [0.29, 0.717) is 11.6 Å². The van der Waals surface area contributed by atoms with E-state index in [2.05, 4.69) is 34.3 Å². The highest BCUT2D eigenvalue weighted by atomic mass is 32.1. The molecule has 0 saturated heterocycles. The Hall–Kier alpha value is -1.79. The number of aryl methyl sites for hydroxylation is 2. The maximum Gasteiger partial charge on any atom is 0.232 e. The second-order valence-corrected chi connectivity index (χ2v) is 7.60. The molecule has 4 nitrogen and oxygen atoms in total. The first-order valence-corrected chi connectivity index (χ1v) is 9.44. The molecule has 2 heterocycles. The number of hydrogen-bond acceptors (Lipinski definition) is 5. The Kier molecular flexibility index (Phi) is 5.03. The van der Waals surface area contributed by atoms with Gasteiger partial charge in [0.25, 0.3) is 0 Å². The van der Waals surface area contributed by atoms with Gasteiger partial charge in [0.2, 0.25) is 5.91 Å². The van der Waals surface area contributed by atoms with E-state index < -0.39 is 0 Å². The zero-order valence-electron chi connectivity index (χ0n) is 13.3. The normalized spacial score (nSPS) is 11.0. The lowest BCUT2D eigenvalue weighted by Gasteiger charge is -1.98. The summed E-state index contributed by atoms with van der Waals surface area (Å²) in [6, 6.07) is 6.35. The van der Waals surface area contributed by atoms with Crippen LogP contribution in [0.3, 0.4) is 0 Å². The van der Waals surface area contributed by atoms with Gasteiger partial charge in [0, 0.05) is 5.38 Å². The Morgan fingerprint density at radius 1 is 1.30 bits per heavy atom. The van der Waals surface area contributed by atoms with Crippen molar-refractivity contribution in [1.82, 2.24) is 9.97 Å². The minimum absolute atomic E-state index is 0.0689. The lowest BCUT2D eigenvalue weighted by molar-refractivity contribution is -0.115. The summed E-state index contributed by atoms with van der Waals surface area (Å²) in [6.45, 7) is 4.14. The molecule has 0 saturated carbocycles. The molecule has 1 aromatic carbocycles. The van der Waals surface area contributed by atoms with Crippen molar-refractivity contribution >= 4 is 43.9 Å². The number of amides is 1. The maximum absolute atomic E-state index is 12.1. The van der Waals surface area contributed by atoms with Crippen LogP contribution in [0, 0.1) is 6.92 Å². The van der Waals surface area contributed by atoms with Crippen LogP contribution in [-0.2, 0) is 17.6 Å². The third kappa shape index (κ3) is 4.14. The molecule has 0 aliphatic carbocycles. The second kappa shape index (κ2) is 7.19. The summed E-state index contributed by atoms with van der Waals surface area (Å²) in [5, 5.41) is 6.44. The molecule has 6 heteroatoms. The zero-order chi connectivity index (χ0) is 16.2. The molecule has 0 radical (unpaired) electrons. The van der Waals surface area contributed by atoms with E-state index >= 15 is 0 Å². The van der Waals surface area contributed by atoms with Gasteiger partial charge in [-0.3, -0.25) is 4.79 Å². The number of carbonyl (C=O) groups excluding carboxylic acids is 1. The molecule has 0 atom stereocenters. The molecule has 3 rings (SSSR count). The van der Waals surface area contributed by atoms with E-state index in [1.165, 1.54) is 29.7 Å². The van der Waals surface area contributed by atoms with Crippen molar-refractivity contribution in [2.45, 2.75) is 39.5 Å². The summed E-state index contributed by atoms with van der Waals surface area (Å²) in [6.07, 6.45) is 3.77. The molecule has 1 N–H and O–H groups in total. The molecule has 0 unspecified atom stereocenters. The van der Waals surface area contributed by atoms with E-state index in [4.69, 9.17) is 0 Å². The van der Waals surface area contributed by atoms with Gasteiger partial charge in [0.05, 0.1) is 27.3 Å². The largest absolute Gasteiger partial charge is 0.302 e. The Morgan fingerprint density at radius 3 is 2.91 bits per heavy atom. The van der Waals surface area contributed by atoms with Crippen molar-refractivity contribution in [1.29, 1.82) is 0 Å². The summed E-state index contributed by atoms with van der Waals surface area (Å²) in [5.41, 5.74) is 3.09. The molecule has 0 aliphatic rings. The number of benzene rings is 1. The number of anilines is 1. The molecular formula is C17H19N3OS2. The van der Waals surface area contributed by atoms with Crippen molar-refractivity contribution in [2.75, 3.05) is 5.32 Å². The van der Waals surface area contributed by atoms with Crippen molar-refractivity contribution in [3.63, 3.8) is 0 Å². The van der Waals surface area contributed by atoms with Gasteiger partial charge in [-0.1, -0.05) is 30.7 Å². The molecular weight excluding hydrogens is 326 g/mol. The van der Waals surface area contributed by atoms with Crippen LogP contribution in [0.4, 0.5) is 5.13 Å². The van der Waals surface area contributed by atoms with Crippen LogP contribution >= 0.6 is 22.7 Å². The number of nitrogens with zero attached hydrogens (tertiary/aromatic N) is 2. The number of hydrogen-bond donors (Lipinski definition) is 1. The van der Waals surface area contributed by atoms with Gasteiger partial charge in [-0.05, 0) is 37.5 Å². The molecule has 3 aromatic rings. The lowest BCUT2D eigenvalue weighted by atomic mass is 10.1. The summed E-state index contributed by atoms with van der Waals surface area (Å²) < 4.78 is 1.12. The predicted molar refractivity (Wildman–Crippen MR) is 97.4 cm³/mol. The van der Waals surface area contributed by atoms with Crippen LogP contribution in [0.5, 0.6) is 0 Å². The molecule has 0 fully saturated rings. The number of nitrogens with one attached hydrogen (secondary N) is 1. The number of unbranched alkanes of at least 4 members (excludes halogenated alkanes) is 1. The zero-order valence-corrected chi connectivity index (χ0v) is 14.9. The monoisotopic (exact) mass is 345 g/mol. The molecule has 1 amide bonds. The van der Waals surface area contributed by atoms with Gasteiger partial charge < -0.3 is 5.32 Å². The van der Waals surface area contributed by atoms with Gasteiger partial charge in [0.1, 0.15) is 0 Å². The third-order valence-electron chi connectivity index (χ3n) is 3.53. The van der Waals surface area contributed by atoms with Crippen LogP contribution in [-0.4, -0.2) is 15.9 Å². The number of aromatic nitrogens is 2. The smallest absolute Gasteiger partial charge is 0.232 e. The quantitative estimate of drug-likeness (QED) is 0.711. The van der Waals surface area contributed by atoms with Crippen molar-refractivity contribution in [3.8, 4) is 0 Å². The summed E-state index contributed by atoms with van der Waals surface area (Å²) in [4.78, 5) is 20.9. The number of rotatable bonds is 6. The molecule has 120 valence electrons. The minimum Gasteiger partial charge on any atom is -0.302 e. The fourth-order valence-electron chi connectivity index (χ4n) is 2.38. The summed E-state index contributed by atoms with van der Waals surface area (Å²) in [5.74, 6) is -0.0689. The van der Waals surface area contributed by atoms with Crippen LogP contribution in [0.25, 0.3) is 10.2 Å². The fraction of sp³-hybridized carbons (Fsp3) is 0.353. The average Bonchev–Trinajstić information content (AvgIpc) is 3.09. The molecule has 0 spiro atoms. The van der Waals surface area contributed by atoms with Crippen molar-refractivity contribution < 1.29 is 4.79 Å². The van der Waals surface area contributed by atoms with Gasteiger partial charge in [-0.25, -0.2) is 9.97 Å². The van der Waals surface area contributed by atoms with E-state index in [1.54, 1.807) is 11.3 Å². The van der Waals surface area contributed by atoms with Crippen LogP contribution in [0.2, 0.25) is 0 Å². The van der Waals surface area contributed by atoms with Crippen molar-refractivity contribution in [3.05, 3.63) is 39.8 Å². The number of fused-ring (bicyclic) bond motifs is 1. The first-order valence-electron chi connectivity index (χ1n) is 7.74. The second-order valence-electron chi connectivity index (χ2n) is 5.51. The van der Waals surface area contributed by atoms with Crippen LogP contribution in [0.1, 0.15) is 36.0 Å². The Bertz CT molecular complexity index is 822. The first kappa shape index (κ1) is 16.1. The fourth-order valence-corrected chi connectivity index (χ4v) is 3.93. The number of carbonyl (C=O) groups is 1. The highest BCUT2D eigenvalue weighted by molar-refractivity contribution is 7.22. The molecule has 0 bridgehead atoms. The minimum atomic E-state index is -0.0689. The van der Waals surface area contributed by atoms with E-state index in [9.17, 15) is 4.79 Å². The van der Waals surface area contributed by atoms with Crippen LogP contribution in [0.15, 0.2) is 23.6 Å². The molecule has 0 aliphatic heterocycles. The average molecular weight is 345 g/mol. The molecule has 2 aromatic heterocycles. The van der Waals surface area contributed by atoms with Crippen LogP contribution < -0.4 is 5.32 Å². The van der Waals surface area contributed by atoms with E-state index in [1.807, 2.05) is 18.4 Å². The topological polar surface area (TPSA) is 54.9 Å². The highest BCUT2D eigenvalue weighted by Crippen LogP contribution is 2.27. The lowest BCUT2D eigenvalue weighted by Crippen LogP contribution is -2.14. The van der Waals surface area contributed by atoms with Gasteiger partial charge >= 0.3 is 0 Å². The Balaban J connectivity index is 1.68. The van der Waals surface area contributed by atoms with Gasteiger partial charge in [0.15, 0.2) is 5.13 Å². The van der Waals surface area contributed by atoms with E-state index in [-0.39, 0.29) is 5.91 Å².